The highest BCUT2D eigenvalue weighted by atomic mass is 19.1. The number of hydrogen-bond donors (Lipinski definition) is 0. The summed E-state index contributed by atoms with van der Waals surface area (Å²) in [5.74, 6) is -0.738. The Morgan fingerprint density at radius 1 is 0.185 bits per heavy atom. The summed E-state index contributed by atoms with van der Waals surface area (Å²) in [5.41, 5.74) is 35.8. The van der Waals surface area contributed by atoms with Crippen molar-refractivity contribution in [3.05, 3.63) is 476 Å². The summed E-state index contributed by atoms with van der Waals surface area (Å²) in [6.45, 7) is 34.6. The fourth-order valence-electron chi connectivity index (χ4n) is 20.0. The van der Waals surface area contributed by atoms with E-state index in [0.717, 1.165) is 66.8 Å². The zero-order valence-electron chi connectivity index (χ0n) is 74.2. The van der Waals surface area contributed by atoms with Crippen molar-refractivity contribution in [2.45, 2.75) is 154 Å². The monoisotopic (exact) mass is 1620 g/mol. The molecule has 0 amide bonds. The molecule has 20 rings (SSSR count). The van der Waals surface area contributed by atoms with Gasteiger partial charge in [-0.25, -0.2) is 17.6 Å². The summed E-state index contributed by atoms with van der Waals surface area (Å²) in [7, 11) is 0. The van der Waals surface area contributed by atoms with Gasteiger partial charge in [0.2, 0.25) is 0 Å². The number of fused-ring (bicyclic) bond motifs is 12. The van der Waals surface area contributed by atoms with Gasteiger partial charge < -0.3 is 0 Å². The van der Waals surface area contributed by atoms with Crippen LogP contribution in [0.1, 0.15) is 200 Å². The number of benzene rings is 16. The summed E-state index contributed by atoms with van der Waals surface area (Å²) in [6.07, 6.45) is 0. The van der Waals surface area contributed by atoms with Gasteiger partial charge in [-0.2, -0.15) is 0 Å². The Morgan fingerprint density at radius 3 is 0.935 bits per heavy atom. The van der Waals surface area contributed by atoms with Crippen LogP contribution in [0.3, 0.4) is 0 Å². The van der Waals surface area contributed by atoms with Crippen LogP contribution >= 0.6 is 0 Å². The lowest BCUT2D eigenvalue weighted by Gasteiger charge is -2.35. The van der Waals surface area contributed by atoms with Crippen LogP contribution in [0, 0.1) is 23.3 Å². The minimum Gasteiger partial charge on any atom is -0.207 e. The van der Waals surface area contributed by atoms with Crippen molar-refractivity contribution in [2.24, 2.45) is 0 Å². The first-order chi connectivity index (χ1) is 59.2. The summed E-state index contributed by atoms with van der Waals surface area (Å²) in [4.78, 5) is 0. The van der Waals surface area contributed by atoms with E-state index in [2.05, 4.69) is 426 Å². The summed E-state index contributed by atoms with van der Waals surface area (Å²) >= 11 is 0. The van der Waals surface area contributed by atoms with Gasteiger partial charge >= 0.3 is 0 Å². The average Bonchev–Trinajstić information content (AvgIpc) is 1.54. The molecule has 0 saturated carbocycles. The lowest BCUT2D eigenvalue weighted by molar-refractivity contribution is 0.572. The molecule has 124 heavy (non-hydrogen) atoms. The van der Waals surface area contributed by atoms with Crippen molar-refractivity contribution in [2.75, 3.05) is 0 Å². The van der Waals surface area contributed by atoms with Crippen LogP contribution in [0.4, 0.5) is 17.6 Å². The zero-order valence-corrected chi connectivity index (χ0v) is 74.2. The van der Waals surface area contributed by atoms with Crippen molar-refractivity contribution in [3.8, 4) is 89.0 Å². The fourth-order valence-corrected chi connectivity index (χ4v) is 20.0. The molecule has 4 heteroatoms. The molecule has 616 valence electrons. The molecule has 4 aliphatic rings. The molecule has 0 spiro atoms. The van der Waals surface area contributed by atoms with Gasteiger partial charge in [0.15, 0.2) is 0 Å². The van der Waals surface area contributed by atoms with Gasteiger partial charge in [0.1, 0.15) is 23.3 Å². The van der Waals surface area contributed by atoms with Crippen molar-refractivity contribution in [1.82, 2.24) is 0 Å². The van der Waals surface area contributed by atoms with Crippen LogP contribution < -0.4 is 0 Å². The molecule has 0 unspecified atom stereocenters. The molecule has 16 aromatic rings. The molecule has 0 N–H and O–H groups in total. The van der Waals surface area contributed by atoms with Crippen LogP contribution in [0.25, 0.3) is 89.0 Å². The Hall–Kier alpha value is -12.8. The van der Waals surface area contributed by atoms with Crippen molar-refractivity contribution in [3.63, 3.8) is 0 Å². The Bertz CT molecular complexity index is 6650. The molecule has 0 fully saturated rings. The molecule has 0 nitrogen and oxygen atoms in total. The molecule has 0 aliphatic heterocycles. The lowest BCUT2D eigenvalue weighted by Crippen LogP contribution is -2.29. The van der Waals surface area contributed by atoms with E-state index in [-0.39, 0.29) is 55.8 Å². The molecule has 0 heterocycles. The van der Waals surface area contributed by atoms with Crippen LogP contribution in [-0.4, -0.2) is 0 Å². The smallest absolute Gasteiger partial charge is 0.124 e. The highest BCUT2D eigenvalue weighted by molar-refractivity contribution is 5.95. The molecule has 0 aromatic heterocycles. The zero-order chi connectivity index (χ0) is 87.2. The maximum Gasteiger partial charge on any atom is 0.124 e. The van der Waals surface area contributed by atoms with E-state index in [4.69, 9.17) is 0 Å². The predicted octanol–water partition coefficient (Wildman–Crippen LogP) is 32.5. The third kappa shape index (κ3) is 14.9. The molecule has 0 radical (unpaired) electrons. The first kappa shape index (κ1) is 83.5. The Labute approximate surface area is 732 Å². The Kier molecular flexibility index (Phi) is 21.4. The third-order valence-corrected chi connectivity index (χ3v) is 26.5. The minimum atomic E-state index is -0.515. The molecule has 0 saturated heterocycles. The van der Waals surface area contributed by atoms with E-state index in [0.29, 0.717) is 0 Å². The number of halogens is 4. The van der Waals surface area contributed by atoms with E-state index in [1.54, 1.807) is 48.5 Å². The van der Waals surface area contributed by atoms with Crippen LogP contribution in [0.2, 0.25) is 0 Å². The normalized spacial score (nSPS) is 14.2. The van der Waals surface area contributed by atoms with Crippen LogP contribution in [0.15, 0.2) is 364 Å². The Morgan fingerprint density at radius 2 is 0.476 bits per heavy atom. The summed E-state index contributed by atoms with van der Waals surface area (Å²) in [6, 6.07) is 126. The first-order valence-corrected chi connectivity index (χ1v) is 43.6. The maximum atomic E-state index is 15.1. The van der Waals surface area contributed by atoms with Crippen molar-refractivity contribution in [1.29, 1.82) is 0 Å². The summed E-state index contributed by atoms with van der Waals surface area (Å²) < 4.78 is 58.6. The number of rotatable bonds is 8. The van der Waals surface area contributed by atoms with Gasteiger partial charge in [-0.1, -0.05) is 414 Å². The standard InChI is InChI=1S/2C35H29F.2C25H25F/c1-34(2,3)27-21-24(22-28(36)23-27)29-18-12-19-31-30-17-10-11-20-32(30)35(33(29)31,25-13-6-4-7-14-25)26-15-8-5-9-16-26;1-34(2,3)28-20-25(21-29(36)23-28)24-18-19-31-30-16-10-11-17-32(30)35(33(31)22-24,26-12-6-4-7-13-26)27-14-8-5-9-15-27;1-24(2,3)17-13-16(14-18(26)15-17)19-10-8-12-22-23(19)20-9-6-7-11-21(20)25(22,4)5;1-24(2,3)18-12-17(13-19(26)15-18)16-10-11-23-21(14-16)20-8-6-7-9-22(20)25(23,4)5/h2*4-23H,1-3H3;2*6-15H,1-5H3. The number of hydrogen-bond acceptors (Lipinski definition) is 0. The molecule has 4 aliphatic carbocycles. The van der Waals surface area contributed by atoms with Gasteiger partial charge in [-0.15, -0.1) is 0 Å². The van der Waals surface area contributed by atoms with Gasteiger partial charge in [-0.3, -0.25) is 0 Å². The van der Waals surface area contributed by atoms with Gasteiger partial charge in [0, 0.05) is 10.8 Å². The second-order valence-corrected chi connectivity index (χ2v) is 39.3. The summed E-state index contributed by atoms with van der Waals surface area (Å²) in [5, 5.41) is 0. The van der Waals surface area contributed by atoms with Crippen LogP contribution in [-0.2, 0) is 43.3 Å². The van der Waals surface area contributed by atoms with Crippen LogP contribution in [0.5, 0.6) is 0 Å². The molecule has 16 aromatic carbocycles. The van der Waals surface area contributed by atoms with Gasteiger partial charge in [0.05, 0.1) is 10.8 Å². The molecule has 0 atom stereocenters. The second-order valence-electron chi connectivity index (χ2n) is 39.3. The Balaban J connectivity index is 0.000000119. The van der Waals surface area contributed by atoms with Crippen molar-refractivity contribution >= 4 is 0 Å². The predicted molar refractivity (Wildman–Crippen MR) is 512 cm³/mol. The highest BCUT2D eigenvalue weighted by Gasteiger charge is 2.49. The van der Waals surface area contributed by atoms with E-state index in [1.807, 2.05) is 0 Å². The quantitative estimate of drug-likeness (QED) is 0.133. The molecule has 0 bridgehead atoms. The molecular formula is C120H108F4. The molecular weight excluding hydrogens is 1520 g/mol. The first-order valence-electron chi connectivity index (χ1n) is 43.6. The minimum absolute atomic E-state index is 0.00294. The van der Waals surface area contributed by atoms with E-state index < -0.39 is 10.8 Å². The van der Waals surface area contributed by atoms with Gasteiger partial charge in [0.25, 0.3) is 0 Å². The van der Waals surface area contributed by atoms with Crippen molar-refractivity contribution < 1.29 is 17.6 Å². The topological polar surface area (TPSA) is 0 Å². The van der Waals surface area contributed by atoms with E-state index in [9.17, 15) is 13.2 Å². The maximum absolute atomic E-state index is 15.1. The SMILES string of the molecule is CC(C)(C)c1cc(F)cc(-c2ccc3c(c2)-c2ccccc2C3(C)C)c1.CC(C)(C)c1cc(F)cc(-c2ccc3c(c2)C(c2ccccc2)(c2ccccc2)c2ccccc2-3)c1.CC(C)(C)c1cc(F)cc(-c2cccc3c2-c2ccccc2C3(C)C)c1.CC(C)(C)c1cc(F)cc(-c2cccc3c2C(c2ccccc2)(c2ccccc2)c2ccccc2-3)c1. The fraction of sp³-hybridized carbons (Fsp3) is 0.200. The van der Waals surface area contributed by atoms with E-state index >= 15 is 4.39 Å². The second kappa shape index (κ2) is 31.8. The third-order valence-electron chi connectivity index (χ3n) is 26.5. The van der Waals surface area contributed by atoms with E-state index in [1.165, 1.54) is 111 Å². The lowest BCUT2D eigenvalue weighted by atomic mass is 9.66. The van der Waals surface area contributed by atoms with Gasteiger partial charge in [-0.05, 0) is 260 Å². The average molecular weight is 1630 g/mol. The largest absolute Gasteiger partial charge is 0.207 e. The highest BCUT2D eigenvalue weighted by Crippen LogP contribution is 2.61.